The number of nitrogens with zero attached hydrogens (tertiary/aromatic N) is 1. The Morgan fingerprint density at radius 3 is 1.01 bits per heavy atom. The highest BCUT2D eigenvalue weighted by Crippen LogP contribution is 2.26. The minimum absolute atomic E-state index is 0.159. The van der Waals surface area contributed by atoms with Crippen molar-refractivity contribution in [2.75, 3.05) is 60.3 Å². The summed E-state index contributed by atoms with van der Waals surface area (Å²) in [6.45, 7) is 9.22. The van der Waals surface area contributed by atoms with Crippen LogP contribution in [-0.4, -0.2) is 101 Å². The molecule has 0 aliphatic rings. The second-order valence-corrected chi connectivity index (χ2v) is 19.2. The molecule has 0 N–H and O–H groups in total. The molecule has 0 saturated carbocycles. The minimum atomic E-state index is -1.31. The number of hydrogen-bond donors (Lipinski definition) is 0. The van der Waals surface area contributed by atoms with Crippen LogP contribution in [0.5, 0.6) is 0 Å². The second kappa shape index (κ2) is 45.2. The number of esters is 6. The zero-order valence-corrected chi connectivity index (χ0v) is 43.7. The van der Waals surface area contributed by atoms with E-state index in [0.717, 1.165) is 154 Å². The molecule has 0 bridgehead atoms. The summed E-state index contributed by atoms with van der Waals surface area (Å²) in [6.07, 6.45) is 26.7. The van der Waals surface area contributed by atoms with Crippen molar-refractivity contribution in [1.29, 1.82) is 0 Å². The standard InChI is InChI=1S/C54H99NO12/c1-7-11-15-29-40-62-48(56)34-25-19-17-21-27-36-50(58)64-43-54(45-66-52(60)38-31-39-55(5)6,46-67-53(61)42-47(32-23-13-9-3)33-24-14-10-4)44-65-51(59)37-28-22-18-20-26-35-49(57)63-41-30-16-12-8-2/h47H,7-46H2,1-6H3. The van der Waals surface area contributed by atoms with Gasteiger partial charge in [0.1, 0.15) is 31.8 Å². The van der Waals surface area contributed by atoms with Gasteiger partial charge in [-0.25, -0.2) is 0 Å². The van der Waals surface area contributed by atoms with E-state index in [1.165, 1.54) is 0 Å². The highest BCUT2D eigenvalue weighted by atomic mass is 16.6. The highest BCUT2D eigenvalue weighted by Gasteiger charge is 2.38. The van der Waals surface area contributed by atoms with Crippen molar-refractivity contribution in [2.24, 2.45) is 11.3 Å². The van der Waals surface area contributed by atoms with E-state index in [1.54, 1.807) is 0 Å². The number of rotatable bonds is 48. The summed E-state index contributed by atoms with van der Waals surface area (Å²) in [6, 6.07) is 0. The van der Waals surface area contributed by atoms with Gasteiger partial charge in [-0.1, -0.05) is 143 Å². The normalized spacial score (nSPS) is 11.5. The summed E-state index contributed by atoms with van der Waals surface area (Å²) in [5, 5.41) is 0. The highest BCUT2D eigenvalue weighted by molar-refractivity contribution is 5.71. The maximum Gasteiger partial charge on any atom is 0.306 e. The predicted molar refractivity (Wildman–Crippen MR) is 265 cm³/mol. The molecule has 0 spiro atoms. The fourth-order valence-electron chi connectivity index (χ4n) is 7.66. The van der Waals surface area contributed by atoms with Gasteiger partial charge in [0.05, 0.1) is 13.2 Å². The van der Waals surface area contributed by atoms with Gasteiger partial charge in [-0.15, -0.1) is 0 Å². The molecule has 13 heteroatoms. The van der Waals surface area contributed by atoms with E-state index < -0.39 is 23.3 Å². The van der Waals surface area contributed by atoms with E-state index in [4.69, 9.17) is 28.4 Å². The summed E-state index contributed by atoms with van der Waals surface area (Å²) in [5.41, 5.74) is -1.31. The zero-order chi connectivity index (χ0) is 49.6. The van der Waals surface area contributed by atoms with Gasteiger partial charge < -0.3 is 33.3 Å². The lowest BCUT2D eigenvalue weighted by atomic mass is 9.91. The van der Waals surface area contributed by atoms with Gasteiger partial charge in [-0.05, 0) is 84.3 Å². The van der Waals surface area contributed by atoms with Gasteiger partial charge in [0, 0.05) is 38.5 Å². The number of carbonyl (C=O) groups excluding carboxylic acids is 6. The molecule has 0 aromatic rings. The van der Waals surface area contributed by atoms with Gasteiger partial charge >= 0.3 is 35.8 Å². The number of carbonyl (C=O) groups is 6. The van der Waals surface area contributed by atoms with Crippen LogP contribution in [0.25, 0.3) is 0 Å². The predicted octanol–water partition coefficient (Wildman–Crippen LogP) is 12.4. The molecule has 0 unspecified atom stereocenters. The van der Waals surface area contributed by atoms with Crippen LogP contribution in [0, 0.1) is 11.3 Å². The van der Waals surface area contributed by atoms with Crippen molar-refractivity contribution < 1.29 is 57.2 Å². The summed E-state index contributed by atoms with van der Waals surface area (Å²) in [4.78, 5) is 78.9. The van der Waals surface area contributed by atoms with Crippen molar-refractivity contribution in [3.05, 3.63) is 0 Å². The first-order valence-electron chi connectivity index (χ1n) is 27.0. The molecule has 0 aliphatic carbocycles. The van der Waals surface area contributed by atoms with Crippen LogP contribution in [0.3, 0.4) is 0 Å². The molecule has 0 rings (SSSR count). The maximum absolute atomic E-state index is 13.5. The lowest BCUT2D eigenvalue weighted by molar-refractivity contribution is -0.171. The molecular formula is C54H99NO12. The SMILES string of the molecule is CCCCCCOC(=O)CCCCCCCC(=O)OCC(COC(=O)CCCCCCCC(=O)OCCCCCC)(COC(=O)CCCN(C)C)COC(=O)CC(CCCCC)CCCCC. The summed E-state index contributed by atoms with van der Waals surface area (Å²) < 4.78 is 34.0. The summed E-state index contributed by atoms with van der Waals surface area (Å²) >= 11 is 0. The molecular weight excluding hydrogens is 855 g/mol. The molecule has 0 aromatic heterocycles. The quantitative estimate of drug-likeness (QED) is 0.0322. The van der Waals surface area contributed by atoms with Crippen molar-refractivity contribution >= 4 is 35.8 Å². The van der Waals surface area contributed by atoms with Crippen molar-refractivity contribution in [3.8, 4) is 0 Å². The van der Waals surface area contributed by atoms with Crippen molar-refractivity contribution in [2.45, 2.75) is 240 Å². The first kappa shape index (κ1) is 63.8. The maximum atomic E-state index is 13.5. The first-order valence-corrected chi connectivity index (χ1v) is 27.0. The number of ether oxygens (including phenoxy) is 6. The largest absolute Gasteiger partial charge is 0.466 e. The third kappa shape index (κ3) is 41.5. The van der Waals surface area contributed by atoms with E-state index in [9.17, 15) is 28.8 Å². The third-order valence-corrected chi connectivity index (χ3v) is 12.1. The molecule has 67 heavy (non-hydrogen) atoms. The van der Waals surface area contributed by atoms with Crippen LogP contribution in [0.15, 0.2) is 0 Å². The summed E-state index contributed by atoms with van der Waals surface area (Å²) in [7, 11) is 3.85. The van der Waals surface area contributed by atoms with Crippen LogP contribution < -0.4 is 0 Å². The zero-order valence-electron chi connectivity index (χ0n) is 43.7. The lowest BCUT2D eigenvalue weighted by Crippen LogP contribution is -2.44. The Morgan fingerprint density at radius 1 is 0.358 bits per heavy atom. The fraction of sp³-hybridized carbons (Fsp3) is 0.889. The van der Waals surface area contributed by atoms with Gasteiger partial charge in [-0.3, -0.25) is 28.8 Å². The van der Waals surface area contributed by atoms with Gasteiger partial charge in [0.2, 0.25) is 0 Å². The molecule has 0 fully saturated rings. The average Bonchev–Trinajstić information content (AvgIpc) is 3.30. The van der Waals surface area contributed by atoms with E-state index in [1.807, 2.05) is 19.0 Å². The van der Waals surface area contributed by atoms with Crippen LogP contribution in [0.2, 0.25) is 0 Å². The second-order valence-electron chi connectivity index (χ2n) is 19.2. The van der Waals surface area contributed by atoms with E-state index in [-0.39, 0.29) is 75.9 Å². The molecule has 13 nitrogen and oxygen atoms in total. The lowest BCUT2D eigenvalue weighted by Gasteiger charge is -2.32. The smallest absolute Gasteiger partial charge is 0.306 e. The number of unbranched alkanes of at least 4 members (excludes halogenated alkanes) is 18. The Kier molecular flexibility index (Phi) is 43.1. The molecule has 0 aliphatic heterocycles. The number of hydrogen-bond acceptors (Lipinski definition) is 13. The van der Waals surface area contributed by atoms with Crippen LogP contribution in [0.4, 0.5) is 0 Å². The molecule has 0 saturated heterocycles. The third-order valence-electron chi connectivity index (χ3n) is 12.1. The first-order chi connectivity index (χ1) is 32.4. The Balaban J connectivity index is 5.62. The molecule has 0 amide bonds. The van der Waals surface area contributed by atoms with Crippen LogP contribution in [0.1, 0.15) is 240 Å². The topological polar surface area (TPSA) is 161 Å². The Labute approximate surface area is 407 Å². The van der Waals surface area contributed by atoms with Gasteiger partial charge in [-0.2, -0.15) is 0 Å². The van der Waals surface area contributed by atoms with Gasteiger partial charge in [0.15, 0.2) is 0 Å². The Bertz CT molecular complexity index is 1190. The fourth-order valence-corrected chi connectivity index (χ4v) is 7.66. The van der Waals surface area contributed by atoms with Crippen LogP contribution in [-0.2, 0) is 57.2 Å². The molecule has 392 valence electrons. The monoisotopic (exact) mass is 954 g/mol. The Hall–Kier alpha value is -3.22. The molecule has 0 radical (unpaired) electrons. The van der Waals surface area contributed by atoms with E-state index >= 15 is 0 Å². The summed E-state index contributed by atoms with van der Waals surface area (Å²) in [5.74, 6) is -1.84. The van der Waals surface area contributed by atoms with Crippen LogP contribution >= 0.6 is 0 Å². The Morgan fingerprint density at radius 2 is 0.657 bits per heavy atom. The van der Waals surface area contributed by atoms with Gasteiger partial charge in [0.25, 0.3) is 0 Å². The molecule has 0 aromatic carbocycles. The molecule has 0 atom stereocenters. The van der Waals surface area contributed by atoms with Crippen molar-refractivity contribution in [1.82, 2.24) is 4.90 Å². The average molecular weight is 954 g/mol. The van der Waals surface area contributed by atoms with E-state index in [2.05, 4.69) is 27.7 Å². The van der Waals surface area contributed by atoms with E-state index in [0.29, 0.717) is 51.9 Å². The molecule has 0 heterocycles. The van der Waals surface area contributed by atoms with Crippen molar-refractivity contribution in [3.63, 3.8) is 0 Å². The minimum Gasteiger partial charge on any atom is -0.466 e.